The van der Waals surface area contributed by atoms with Gasteiger partial charge in [-0.25, -0.2) is 4.98 Å². The van der Waals surface area contributed by atoms with Crippen LogP contribution in [-0.2, 0) is 12.8 Å². The number of benzene rings is 1. The number of likely N-dealkylation sites (N-methyl/N-ethyl adjacent to an activating group) is 1. The van der Waals surface area contributed by atoms with E-state index in [-0.39, 0.29) is 0 Å². The Kier molecular flexibility index (Phi) is 6.06. The average Bonchev–Trinajstić information content (AvgIpc) is 3.28. The van der Waals surface area contributed by atoms with Gasteiger partial charge in [0.25, 0.3) is 0 Å². The van der Waals surface area contributed by atoms with Crippen molar-refractivity contribution in [3.63, 3.8) is 0 Å². The number of aromatic amines is 1. The van der Waals surface area contributed by atoms with E-state index >= 15 is 0 Å². The van der Waals surface area contributed by atoms with Crippen molar-refractivity contribution >= 4 is 28.3 Å². The maximum Gasteiger partial charge on any atom is 0.193 e. The number of para-hydroxylation sites is 2. The third-order valence-electron chi connectivity index (χ3n) is 4.16. The van der Waals surface area contributed by atoms with E-state index in [2.05, 4.69) is 55.8 Å². The molecule has 0 unspecified atom stereocenters. The highest BCUT2D eigenvalue weighted by Gasteiger charge is 2.06. The maximum atomic E-state index is 4.62. The van der Waals surface area contributed by atoms with Gasteiger partial charge in [0, 0.05) is 38.5 Å². The van der Waals surface area contributed by atoms with E-state index in [1.54, 1.807) is 0 Å². The Labute approximate surface area is 152 Å². The van der Waals surface area contributed by atoms with Gasteiger partial charge in [0.05, 0.1) is 11.0 Å². The van der Waals surface area contributed by atoms with E-state index in [0.717, 1.165) is 55.2 Å². The minimum Gasteiger partial charge on any atom is -0.356 e. The standard InChI is InChI=1S/C19H25N5S/c1-20-19(24(2)13-11-15-7-6-14-25-15)21-12-5-10-18-22-16-8-3-4-9-17(16)23-18/h3-4,6-9,14H,5,10-13H2,1-2H3,(H,20,21)(H,22,23). The Bertz CT molecular complexity index is 773. The topological polar surface area (TPSA) is 56.3 Å². The molecule has 5 nitrogen and oxygen atoms in total. The molecule has 6 heteroatoms. The van der Waals surface area contributed by atoms with Gasteiger partial charge in [-0.05, 0) is 36.4 Å². The molecule has 1 aromatic carbocycles. The summed E-state index contributed by atoms with van der Waals surface area (Å²) in [6.07, 6.45) is 2.99. The smallest absolute Gasteiger partial charge is 0.193 e. The number of fused-ring (bicyclic) bond motifs is 1. The third-order valence-corrected chi connectivity index (χ3v) is 5.10. The van der Waals surface area contributed by atoms with Gasteiger partial charge >= 0.3 is 0 Å². The van der Waals surface area contributed by atoms with Crippen LogP contribution < -0.4 is 5.32 Å². The average molecular weight is 356 g/mol. The van der Waals surface area contributed by atoms with Crippen molar-refractivity contribution in [3.8, 4) is 0 Å². The number of thiophene rings is 1. The van der Waals surface area contributed by atoms with Crippen molar-refractivity contribution in [2.45, 2.75) is 19.3 Å². The molecule has 2 N–H and O–H groups in total. The lowest BCUT2D eigenvalue weighted by Crippen LogP contribution is -2.40. The van der Waals surface area contributed by atoms with Crippen LogP contribution in [0.15, 0.2) is 46.8 Å². The van der Waals surface area contributed by atoms with Gasteiger partial charge in [-0.3, -0.25) is 4.99 Å². The molecular weight excluding hydrogens is 330 g/mol. The molecule has 0 aliphatic rings. The zero-order valence-electron chi connectivity index (χ0n) is 14.8. The predicted molar refractivity (Wildman–Crippen MR) is 106 cm³/mol. The molecule has 0 amide bonds. The molecule has 2 heterocycles. The lowest BCUT2D eigenvalue weighted by Gasteiger charge is -2.21. The molecule has 0 saturated heterocycles. The summed E-state index contributed by atoms with van der Waals surface area (Å²) < 4.78 is 0. The summed E-state index contributed by atoms with van der Waals surface area (Å²) in [5.41, 5.74) is 2.14. The Morgan fingerprint density at radius 3 is 2.88 bits per heavy atom. The Morgan fingerprint density at radius 2 is 2.12 bits per heavy atom. The molecular formula is C19H25N5S. The quantitative estimate of drug-likeness (QED) is 0.388. The first-order valence-corrected chi connectivity index (χ1v) is 9.52. The van der Waals surface area contributed by atoms with E-state index in [1.165, 1.54) is 4.88 Å². The molecule has 3 aromatic rings. The Hall–Kier alpha value is -2.34. The molecule has 0 spiro atoms. The van der Waals surface area contributed by atoms with Gasteiger partial charge in [0.15, 0.2) is 5.96 Å². The fraction of sp³-hybridized carbons (Fsp3) is 0.368. The first kappa shape index (κ1) is 17.5. The lowest BCUT2D eigenvalue weighted by atomic mass is 10.3. The maximum absolute atomic E-state index is 4.62. The summed E-state index contributed by atoms with van der Waals surface area (Å²) >= 11 is 1.81. The number of nitrogens with one attached hydrogen (secondary N) is 2. The number of rotatable bonds is 7. The Morgan fingerprint density at radius 1 is 1.24 bits per heavy atom. The van der Waals surface area contributed by atoms with Crippen molar-refractivity contribution in [2.24, 2.45) is 4.99 Å². The van der Waals surface area contributed by atoms with Crippen molar-refractivity contribution < 1.29 is 0 Å². The van der Waals surface area contributed by atoms with Gasteiger partial charge in [0.1, 0.15) is 5.82 Å². The van der Waals surface area contributed by atoms with E-state index in [1.807, 2.05) is 36.6 Å². The molecule has 0 bridgehead atoms. The van der Waals surface area contributed by atoms with Crippen molar-refractivity contribution in [1.82, 2.24) is 20.2 Å². The van der Waals surface area contributed by atoms with E-state index in [4.69, 9.17) is 0 Å². The number of aryl methyl sites for hydroxylation is 1. The molecule has 3 rings (SSSR count). The highest BCUT2D eigenvalue weighted by atomic mass is 32.1. The number of imidazole rings is 1. The summed E-state index contributed by atoms with van der Waals surface area (Å²) in [5.74, 6) is 1.99. The van der Waals surface area contributed by atoms with Gasteiger partial charge < -0.3 is 15.2 Å². The third kappa shape index (κ3) is 4.82. The summed E-state index contributed by atoms with van der Waals surface area (Å²) in [6.45, 7) is 1.84. The zero-order chi connectivity index (χ0) is 17.5. The van der Waals surface area contributed by atoms with Crippen LogP contribution in [0.2, 0.25) is 0 Å². The van der Waals surface area contributed by atoms with Crippen LogP contribution in [0.3, 0.4) is 0 Å². The lowest BCUT2D eigenvalue weighted by molar-refractivity contribution is 0.485. The molecule has 0 fully saturated rings. The number of hydrogen-bond donors (Lipinski definition) is 2. The summed E-state index contributed by atoms with van der Waals surface area (Å²) in [7, 11) is 3.92. The second kappa shape index (κ2) is 8.67. The largest absolute Gasteiger partial charge is 0.356 e. The predicted octanol–water partition coefficient (Wildman–Crippen LogP) is 3.31. The normalized spacial score (nSPS) is 11.8. The minimum atomic E-state index is 0.882. The second-order valence-electron chi connectivity index (χ2n) is 6.03. The zero-order valence-corrected chi connectivity index (χ0v) is 15.6. The van der Waals surface area contributed by atoms with Crippen LogP contribution in [0.5, 0.6) is 0 Å². The van der Waals surface area contributed by atoms with Crippen molar-refractivity contribution in [3.05, 3.63) is 52.5 Å². The van der Waals surface area contributed by atoms with E-state index in [0.29, 0.717) is 0 Å². The van der Waals surface area contributed by atoms with Crippen LogP contribution in [0.25, 0.3) is 11.0 Å². The van der Waals surface area contributed by atoms with Crippen LogP contribution in [-0.4, -0.2) is 48.0 Å². The first-order chi connectivity index (χ1) is 12.3. The number of hydrogen-bond acceptors (Lipinski definition) is 3. The number of aliphatic imine (C=N–C) groups is 1. The van der Waals surface area contributed by atoms with E-state index < -0.39 is 0 Å². The van der Waals surface area contributed by atoms with E-state index in [9.17, 15) is 0 Å². The summed E-state index contributed by atoms with van der Waals surface area (Å²) in [6, 6.07) is 12.4. The highest BCUT2D eigenvalue weighted by molar-refractivity contribution is 7.09. The second-order valence-corrected chi connectivity index (χ2v) is 7.06. The Balaban J connectivity index is 1.41. The van der Waals surface area contributed by atoms with Crippen molar-refractivity contribution in [2.75, 3.05) is 27.2 Å². The molecule has 132 valence electrons. The fourth-order valence-electron chi connectivity index (χ4n) is 2.80. The van der Waals surface area contributed by atoms with Crippen LogP contribution in [0.4, 0.5) is 0 Å². The van der Waals surface area contributed by atoms with Crippen LogP contribution in [0.1, 0.15) is 17.1 Å². The number of guanidine groups is 1. The van der Waals surface area contributed by atoms with Gasteiger partial charge in [-0.1, -0.05) is 18.2 Å². The molecule has 0 saturated carbocycles. The minimum absolute atomic E-state index is 0.882. The summed E-state index contributed by atoms with van der Waals surface area (Å²) in [5, 5.41) is 5.57. The molecule has 0 radical (unpaired) electrons. The van der Waals surface area contributed by atoms with Gasteiger partial charge in [-0.2, -0.15) is 0 Å². The monoisotopic (exact) mass is 355 g/mol. The summed E-state index contributed by atoms with van der Waals surface area (Å²) in [4.78, 5) is 16.0. The molecule has 25 heavy (non-hydrogen) atoms. The highest BCUT2D eigenvalue weighted by Crippen LogP contribution is 2.11. The number of aromatic nitrogens is 2. The SMILES string of the molecule is CN=C(NCCCc1nc2ccccc2[nH]1)N(C)CCc1cccs1. The molecule has 0 aliphatic carbocycles. The molecule has 0 atom stereocenters. The molecule has 0 aliphatic heterocycles. The number of H-pyrrole nitrogens is 1. The van der Waals surface area contributed by atoms with Crippen molar-refractivity contribution in [1.29, 1.82) is 0 Å². The van der Waals surface area contributed by atoms with Crippen LogP contribution in [0, 0.1) is 0 Å². The molecule has 2 aromatic heterocycles. The first-order valence-electron chi connectivity index (χ1n) is 8.64. The fourth-order valence-corrected chi connectivity index (χ4v) is 3.50. The van der Waals surface area contributed by atoms with Gasteiger partial charge in [-0.15, -0.1) is 11.3 Å². The van der Waals surface area contributed by atoms with Gasteiger partial charge in [0.2, 0.25) is 0 Å². The number of nitrogens with zero attached hydrogens (tertiary/aromatic N) is 3. The van der Waals surface area contributed by atoms with Crippen LogP contribution >= 0.6 is 11.3 Å².